The van der Waals surface area contributed by atoms with E-state index in [4.69, 9.17) is 14.2 Å². The number of carbonyl (C=O) groups is 2. The maximum absolute atomic E-state index is 14.8. The van der Waals surface area contributed by atoms with Crippen LogP contribution < -0.4 is 9.47 Å². The quantitative estimate of drug-likeness (QED) is 0.513. The summed E-state index contributed by atoms with van der Waals surface area (Å²) in [6.45, 7) is 3.91. The second-order valence-corrected chi connectivity index (χ2v) is 8.50. The van der Waals surface area contributed by atoms with Crippen molar-refractivity contribution < 1.29 is 28.2 Å². The van der Waals surface area contributed by atoms with Crippen molar-refractivity contribution in [1.29, 1.82) is 0 Å². The maximum Gasteiger partial charge on any atom is 0.262 e. The van der Waals surface area contributed by atoms with Crippen molar-refractivity contribution in [1.82, 2.24) is 9.91 Å². The van der Waals surface area contributed by atoms with Gasteiger partial charge in [0.25, 0.3) is 5.91 Å². The molecule has 1 aliphatic heterocycles. The molecule has 1 aliphatic rings. The fourth-order valence-electron chi connectivity index (χ4n) is 4.00. The normalized spacial score (nSPS) is 15.2. The highest BCUT2D eigenvalue weighted by atomic mass is 19.1. The monoisotopic (exact) mass is 485 g/mol. The summed E-state index contributed by atoms with van der Waals surface area (Å²) in [5.74, 6) is -0.153. The molecule has 1 atom stereocenters. The van der Waals surface area contributed by atoms with Crippen molar-refractivity contribution in [2.45, 2.75) is 26.3 Å². The Bertz CT molecular complexity index is 1090. The number of hydrazone groups is 1. The lowest BCUT2D eigenvalue weighted by Crippen LogP contribution is -2.44. The molecule has 8 nitrogen and oxygen atoms in total. The van der Waals surface area contributed by atoms with E-state index in [1.54, 1.807) is 57.4 Å². The Balaban J connectivity index is 1.98. The van der Waals surface area contributed by atoms with E-state index in [1.165, 1.54) is 30.2 Å². The van der Waals surface area contributed by atoms with Gasteiger partial charge in [0.05, 0.1) is 32.6 Å². The standard InChI is InChI=1S/C26H32FN3O5/c1-17(2)26(32)29(12-13-33-3)16-25(31)30-23(19-8-6-7-9-21(19)27)15-22(28-30)20-11-10-18(34-4)14-24(20)35-5/h6-11,14,17,23H,12-13,15-16H2,1-5H3. The molecular formula is C26H32FN3O5. The smallest absolute Gasteiger partial charge is 0.262 e. The molecule has 35 heavy (non-hydrogen) atoms. The summed E-state index contributed by atoms with van der Waals surface area (Å²) in [6.07, 6.45) is 0.283. The maximum atomic E-state index is 14.8. The van der Waals surface area contributed by atoms with E-state index in [-0.39, 0.29) is 31.3 Å². The van der Waals surface area contributed by atoms with Crippen LogP contribution >= 0.6 is 0 Å². The van der Waals surface area contributed by atoms with Crippen molar-refractivity contribution in [3.05, 3.63) is 59.4 Å². The molecule has 0 bridgehead atoms. The molecule has 1 heterocycles. The summed E-state index contributed by atoms with van der Waals surface area (Å²) in [6, 6.07) is 11.0. The van der Waals surface area contributed by atoms with Crippen molar-refractivity contribution in [3.63, 3.8) is 0 Å². The van der Waals surface area contributed by atoms with Crippen LogP contribution in [0.15, 0.2) is 47.6 Å². The minimum absolute atomic E-state index is 0.168. The highest BCUT2D eigenvalue weighted by molar-refractivity contribution is 6.05. The first-order valence-electron chi connectivity index (χ1n) is 11.4. The SMILES string of the molecule is COCCN(CC(=O)N1N=C(c2ccc(OC)cc2OC)CC1c1ccccc1F)C(=O)C(C)C. The minimum atomic E-state index is -0.663. The lowest BCUT2D eigenvalue weighted by Gasteiger charge is -2.28. The lowest BCUT2D eigenvalue weighted by atomic mass is 9.97. The third-order valence-corrected chi connectivity index (χ3v) is 5.85. The number of carbonyl (C=O) groups excluding carboxylic acids is 2. The third kappa shape index (κ3) is 5.97. The molecule has 0 radical (unpaired) electrons. The Labute approximate surface area is 205 Å². The molecule has 0 aliphatic carbocycles. The van der Waals surface area contributed by atoms with Crippen LogP contribution in [-0.4, -0.2) is 68.5 Å². The van der Waals surface area contributed by atoms with E-state index >= 15 is 0 Å². The Kier molecular flexibility index (Phi) is 8.81. The Morgan fingerprint density at radius 1 is 1.14 bits per heavy atom. The van der Waals surface area contributed by atoms with E-state index in [1.807, 2.05) is 0 Å². The largest absolute Gasteiger partial charge is 0.497 e. The number of hydrogen-bond acceptors (Lipinski definition) is 6. The number of hydrogen-bond donors (Lipinski definition) is 0. The number of amides is 2. The van der Waals surface area contributed by atoms with Crippen molar-refractivity contribution in [2.24, 2.45) is 11.0 Å². The molecule has 2 amide bonds. The zero-order chi connectivity index (χ0) is 25.5. The molecule has 9 heteroatoms. The van der Waals surface area contributed by atoms with Gasteiger partial charge in [-0.25, -0.2) is 9.40 Å². The van der Waals surface area contributed by atoms with E-state index in [0.717, 1.165) is 0 Å². The van der Waals surface area contributed by atoms with Gasteiger partial charge in [0, 0.05) is 43.2 Å². The first kappa shape index (κ1) is 26.2. The highest BCUT2D eigenvalue weighted by Gasteiger charge is 2.36. The Morgan fingerprint density at radius 2 is 1.89 bits per heavy atom. The molecular weight excluding hydrogens is 453 g/mol. The van der Waals surface area contributed by atoms with Crippen LogP contribution in [0.1, 0.15) is 37.4 Å². The summed E-state index contributed by atoms with van der Waals surface area (Å²) in [5.41, 5.74) is 1.61. The van der Waals surface area contributed by atoms with Gasteiger partial charge < -0.3 is 19.1 Å². The van der Waals surface area contributed by atoms with Crippen LogP contribution in [0.2, 0.25) is 0 Å². The van der Waals surface area contributed by atoms with Gasteiger partial charge in [-0.2, -0.15) is 5.10 Å². The lowest BCUT2D eigenvalue weighted by molar-refractivity contribution is -0.143. The van der Waals surface area contributed by atoms with E-state index in [9.17, 15) is 14.0 Å². The van der Waals surface area contributed by atoms with Crippen LogP contribution in [0.5, 0.6) is 11.5 Å². The molecule has 0 saturated heterocycles. The van der Waals surface area contributed by atoms with Gasteiger partial charge in [-0.1, -0.05) is 32.0 Å². The number of rotatable bonds is 10. The second kappa shape index (κ2) is 11.8. The van der Waals surface area contributed by atoms with Gasteiger partial charge in [0.2, 0.25) is 5.91 Å². The number of methoxy groups -OCH3 is 3. The second-order valence-electron chi connectivity index (χ2n) is 8.50. The molecule has 0 fully saturated rings. The molecule has 1 unspecified atom stereocenters. The fourth-order valence-corrected chi connectivity index (χ4v) is 4.00. The predicted octanol–water partition coefficient (Wildman–Crippen LogP) is 3.65. The van der Waals surface area contributed by atoms with Gasteiger partial charge in [-0.3, -0.25) is 9.59 Å². The van der Waals surface area contributed by atoms with Crippen LogP contribution in [0.4, 0.5) is 4.39 Å². The average Bonchev–Trinajstić information content (AvgIpc) is 3.30. The minimum Gasteiger partial charge on any atom is -0.497 e. The van der Waals surface area contributed by atoms with Gasteiger partial charge in [-0.15, -0.1) is 0 Å². The van der Waals surface area contributed by atoms with E-state index < -0.39 is 17.8 Å². The van der Waals surface area contributed by atoms with Crippen molar-refractivity contribution in [2.75, 3.05) is 41.0 Å². The van der Waals surface area contributed by atoms with Crippen molar-refractivity contribution >= 4 is 17.5 Å². The molecule has 3 rings (SSSR count). The fraction of sp³-hybridized carbons (Fsp3) is 0.423. The van der Waals surface area contributed by atoms with Crippen molar-refractivity contribution in [3.8, 4) is 11.5 Å². The predicted molar refractivity (Wildman–Crippen MR) is 130 cm³/mol. The van der Waals surface area contributed by atoms with Crippen LogP contribution in [0.3, 0.4) is 0 Å². The summed E-state index contributed by atoms with van der Waals surface area (Å²) < 4.78 is 30.7. The van der Waals surface area contributed by atoms with Crippen LogP contribution in [0.25, 0.3) is 0 Å². The number of benzene rings is 2. The van der Waals surface area contributed by atoms with Gasteiger partial charge in [0.1, 0.15) is 23.9 Å². The van der Waals surface area contributed by atoms with E-state index in [2.05, 4.69) is 5.10 Å². The number of nitrogens with zero attached hydrogens (tertiary/aromatic N) is 3. The van der Waals surface area contributed by atoms with Crippen LogP contribution in [0, 0.1) is 11.7 Å². The molecule has 0 spiro atoms. The summed E-state index contributed by atoms with van der Waals surface area (Å²) in [7, 11) is 4.63. The summed E-state index contributed by atoms with van der Waals surface area (Å²) in [5, 5.41) is 5.89. The topological polar surface area (TPSA) is 80.7 Å². The van der Waals surface area contributed by atoms with Crippen LogP contribution in [-0.2, 0) is 14.3 Å². The average molecular weight is 486 g/mol. The zero-order valence-electron chi connectivity index (χ0n) is 20.8. The third-order valence-electron chi connectivity index (χ3n) is 5.85. The summed E-state index contributed by atoms with van der Waals surface area (Å²) in [4.78, 5) is 27.6. The molecule has 0 N–H and O–H groups in total. The molecule has 0 saturated carbocycles. The molecule has 2 aromatic carbocycles. The summed E-state index contributed by atoms with van der Waals surface area (Å²) >= 11 is 0. The first-order chi connectivity index (χ1) is 16.8. The Hall–Kier alpha value is -3.46. The molecule has 2 aromatic rings. The first-order valence-corrected chi connectivity index (χ1v) is 11.4. The van der Waals surface area contributed by atoms with Gasteiger partial charge in [0.15, 0.2) is 0 Å². The van der Waals surface area contributed by atoms with E-state index in [0.29, 0.717) is 34.9 Å². The number of ether oxygens (including phenoxy) is 3. The zero-order valence-corrected chi connectivity index (χ0v) is 20.8. The molecule has 0 aromatic heterocycles. The van der Waals surface area contributed by atoms with Gasteiger partial charge in [-0.05, 0) is 18.2 Å². The number of halogens is 1. The molecule has 188 valence electrons. The Morgan fingerprint density at radius 3 is 2.51 bits per heavy atom. The highest BCUT2D eigenvalue weighted by Crippen LogP contribution is 2.37. The van der Waals surface area contributed by atoms with Gasteiger partial charge >= 0.3 is 0 Å².